The molecule has 0 bridgehead atoms. The van der Waals surface area contributed by atoms with Gasteiger partial charge in [0.15, 0.2) is 0 Å². The smallest absolute Gasteiger partial charge is 0.335 e. The van der Waals surface area contributed by atoms with Crippen LogP contribution in [0.2, 0.25) is 0 Å². The highest BCUT2D eigenvalue weighted by Crippen LogP contribution is 2.26. The van der Waals surface area contributed by atoms with Crippen molar-refractivity contribution in [1.82, 2.24) is 0 Å². The van der Waals surface area contributed by atoms with Crippen LogP contribution in [0.3, 0.4) is 0 Å². The molecule has 0 radical (unpaired) electrons. The first-order chi connectivity index (χ1) is 7.95. The average molecular weight is 236 g/mol. The summed E-state index contributed by atoms with van der Waals surface area (Å²) in [4.78, 5) is 10.9. The monoisotopic (exact) mass is 236 g/mol. The second-order valence-corrected chi connectivity index (χ2v) is 4.46. The Morgan fingerprint density at radius 2 is 1.88 bits per heavy atom. The van der Waals surface area contributed by atoms with Gasteiger partial charge in [0.25, 0.3) is 0 Å². The number of hydrogen-bond acceptors (Lipinski definition) is 2. The van der Waals surface area contributed by atoms with E-state index in [4.69, 9.17) is 9.84 Å². The zero-order chi connectivity index (χ0) is 13.0. The molecule has 0 heterocycles. The molecule has 1 N–H and O–H groups in total. The molecule has 94 valence electrons. The van der Waals surface area contributed by atoms with Crippen molar-refractivity contribution in [2.45, 2.75) is 46.6 Å². The number of benzene rings is 1. The van der Waals surface area contributed by atoms with E-state index < -0.39 is 5.97 Å². The Kier molecular flexibility index (Phi) is 4.55. The minimum absolute atomic E-state index is 0.160. The molecule has 0 amide bonds. The lowest BCUT2D eigenvalue weighted by Crippen LogP contribution is -2.13. The van der Waals surface area contributed by atoms with E-state index in [-0.39, 0.29) is 6.10 Å². The molecule has 1 atom stereocenters. The number of aryl methyl sites for hydroxylation is 2. The van der Waals surface area contributed by atoms with Crippen LogP contribution in [0, 0.1) is 13.8 Å². The van der Waals surface area contributed by atoms with Gasteiger partial charge < -0.3 is 9.84 Å². The zero-order valence-electron chi connectivity index (χ0n) is 10.9. The van der Waals surface area contributed by atoms with Crippen LogP contribution in [0.5, 0.6) is 5.75 Å². The fraction of sp³-hybridized carbons (Fsp3) is 0.500. The molecule has 0 aliphatic rings. The Bertz CT molecular complexity index is 387. The van der Waals surface area contributed by atoms with Gasteiger partial charge in [-0.25, -0.2) is 4.79 Å². The third-order valence-electron chi connectivity index (χ3n) is 2.72. The molecule has 0 aliphatic carbocycles. The maximum Gasteiger partial charge on any atom is 0.335 e. The molecule has 3 heteroatoms. The van der Waals surface area contributed by atoms with E-state index in [0.29, 0.717) is 5.56 Å². The van der Waals surface area contributed by atoms with Gasteiger partial charge in [0.1, 0.15) is 5.75 Å². The summed E-state index contributed by atoms with van der Waals surface area (Å²) in [7, 11) is 0. The number of aromatic carboxylic acids is 1. The number of carboxylic acids is 1. The van der Waals surface area contributed by atoms with Gasteiger partial charge in [-0.05, 0) is 50.5 Å². The minimum atomic E-state index is -0.899. The lowest BCUT2D eigenvalue weighted by Gasteiger charge is -2.18. The van der Waals surface area contributed by atoms with E-state index in [0.717, 1.165) is 29.7 Å². The highest BCUT2D eigenvalue weighted by molar-refractivity contribution is 5.88. The molecule has 0 fully saturated rings. The molecule has 1 aromatic rings. The van der Waals surface area contributed by atoms with Gasteiger partial charge in [-0.3, -0.25) is 0 Å². The quantitative estimate of drug-likeness (QED) is 0.850. The normalized spacial score (nSPS) is 12.2. The highest BCUT2D eigenvalue weighted by Gasteiger charge is 2.12. The Balaban J connectivity index is 2.97. The van der Waals surface area contributed by atoms with Crippen molar-refractivity contribution in [3.63, 3.8) is 0 Å². The van der Waals surface area contributed by atoms with Crippen LogP contribution >= 0.6 is 0 Å². The summed E-state index contributed by atoms with van der Waals surface area (Å²) in [5, 5.41) is 8.95. The van der Waals surface area contributed by atoms with Gasteiger partial charge in [0, 0.05) is 0 Å². The van der Waals surface area contributed by atoms with Crippen molar-refractivity contribution in [3.8, 4) is 5.75 Å². The van der Waals surface area contributed by atoms with E-state index in [1.54, 1.807) is 12.1 Å². The van der Waals surface area contributed by atoms with Crippen molar-refractivity contribution >= 4 is 5.97 Å². The molecule has 1 rings (SSSR count). The number of hydrogen-bond donors (Lipinski definition) is 1. The van der Waals surface area contributed by atoms with Crippen LogP contribution in [0.15, 0.2) is 12.1 Å². The molecule has 1 unspecified atom stereocenters. The molecule has 17 heavy (non-hydrogen) atoms. The molecule has 0 aliphatic heterocycles. The van der Waals surface area contributed by atoms with E-state index >= 15 is 0 Å². The van der Waals surface area contributed by atoms with Gasteiger partial charge in [-0.15, -0.1) is 0 Å². The Labute approximate surface area is 102 Å². The van der Waals surface area contributed by atoms with E-state index in [2.05, 4.69) is 6.92 Å². The molecule has 0 aromatic heterocycles. The first kappa shape index (κ1) is 13.6. The first-order valence-corrected chi connectivity index (χ1v) is 5.96. The van der Waals surface area contributed by atoms with E-state index in [1.165, 1.54) is 0 Å². The first-order valence-electron chi connectivity index (χ1n) is 5.96. The lowest BCUT2D eigenvalue weighted by molar-refractivity contribution is 0.0696. The van der Waals surface area contributed by atoms with Gasteiger partial charge >= 0.3 is 5.97 Å². The predicted molar refractivity (Wildman–Crippen MR) is 67.9 cm³/mol. The fourth-order valence-electron chi connectivity index (χ4n) is 1.93. The molecular weight excluding hydrogens is 216 g/mol. The predicted octanol–water partition coefficient (Wildman–Crippen LogP) is 3.57. The van der Waals surface area contributed by atoms with Crippen LogP contribution in [0.25, 0.3) is 0 Å². The van der Waals surface area contributed by atoms with Crippen molar-refractivity contribution in [2.24, 2.45) is 0 Å². The number of carboxylic acid groups (broad SMARTS) is 1. The topological polar surface area (TPSA) is 46.5 Å². The van der Waals surface area contributed by atoms with Crippen LogP contribution < -0.4 is 4.74 Å². The summed E-state index contributed by atoms with van der Waals surface area (Å²) < 4.78 is 5.86. The Morgan fingerprint density at radius 3 is 2.29 bits per heavy atom. The summed E-state index contributed by atoms with van der Waals surface area (Å²) in [6, 6.07) is 3.31. The zero-order valence-corrected chi connectivity index (χ0v) is 10.9. The Morgan fingerprint density at radius 1 is 1.35 bits per heavy atom. The minimum Gasteiger partial charge on any atom is -0.490 e. The number of carbonyl (C=O) groups is 1. The molecule has 0 saturated carbocycles. The molecule has 3 nitrogen and oxygen atoms in total. The van der Waals surface area contributed by atoms with Gasteiger partial charge in [-0.2, -0.15) is 0 Å². The molecule has 1 aromatic carbocycles. The van der Waals surface area contributed by atoms with Crippen LogP contribution in [-0.2, 0) is 0 Å². The highest BCUT2D eigenvalue weighted by atomic mass is 16.5. The molecular formula is C14H20O3. The van der Waals surface area contributed by atoms with E-state index in [9.17, 15) is 4.79 Å². The second-order valence-electron chi connectivity index (χ2n) is 4.46. The maximum atomic E-state index is 10.9. The summed E-state index contributed by atoms with van der Waals surface area (Å²) in [6.45, 7) is 7.92. The summed E-state index contributed by atoms with van der Waals surface area (Å²) in [5.74, 6) is -0.0830. The third kappa shape index (κ3) is 3.48. The summed E-state index contributed by atoms with van der Waals surface area (Å²) in [6.07, 6.45) is 2.24. The van der Waals surface area contributed by atoms with Crippen molar-refractivity contribution < 1.29 is 14.6 Å². The number of ether oxygens (including phenoxy) is 1. The fourth-order valence-corrected chi connectivity index (χ4v) is 1.93. The van der Waals surface area contributed by atoms with E-state index in [1.807, 2.05) is 20.8 Å². The van der Waals surface area contributed by atoms with Crippen molar-refractivity contribution in [3.05, 3.63) is 28.8 Å². The van der Waals surface area contributed by atoms with Crippen LogP contribution in [0.1, 0.15) is 48.2 Å². The van der Waals surface area contributed by atoms with Crippen LogP contribution in [0.4, 0.5) is 0 Å². The average Bonchev–Trinajstić information content (AvgIpc) is 2.23. The van der Waals surface area contributed by atoms with Crippen molar-refractivity contribution in [2.75, 3.05) is 0 Å². The third-order valence-corrected chi connectivity index (χ3v) is 2.72. The molecule has 0 saturated heterocycles. The van der Waals surface area contributed by atoms with Gasteiger partial charge in [0.2, 0.25) is 0 Å². The van der Waals surface area contributed by atoms with Crippen molar-refractivity contribution in [1.29, 1.82) is 0 Å². The van der Waals surface area contributed by atoms with Gasteiger partial charge in [-0.1, -0.05) is 13.3 Å². The Hall–Kier alpha value is -1.51. The SMILES string of the molecule is CCCC(C)Oc1c(C)cc(C(=O)O)cc1C. The summed E-state index contributed by atoms with van der Waals surface area (Å²) in [5.41, 5.74) is 2.08. The standard InChI is InChI=1S/C14H20O3/c1-5-6-11(4)17-13-9(2)7-12(14(15)16)8-10(13)3/h7-8,11H,5-6H2,1-4H3,(H,15,16). The second kappa shape index (κ2) is 5.71. The molecule has 0 spiro atoms. The van der Waals surface area contributed by atoms with Crippen LogP contribution in [-0.4, -0.2) is 17.2 Å². The lowest BCUT2D eigenvalue weighted by atomic mass is 10.1. The van der Waals surface area contributed by atoms with Gasteiger partial charge in [0.05, 0.1) is 11.7 Å². The maximum absolute atomic E-state index is 10.9. The number of rotatable bonds is 5. The summed E-state index contributed by atoms with van der Waals surface area (Å²) >= 11 is 0. The largest absolute Gasteiger partial charge is 0.490 e.